The molecule has 0 radical (unpaired) electrons. The third-order valence-corrected chi connectivity index (χ3v) is 4.51. The number of likely N-dealkylation sites (tertiary alicyclic amines) is 1. The zero-order valence-corrected chi connectivity index (χ0v) is 15.2. The van der Waals surface area contributed by atoms with E-state index in [1.807, 2.05) is 6.92 Å². The van der Waals surface area contributed by atoms with Gasteiger partial charge in [-0.3, -0.25) is 9.59 Å². The second-order valence-corrected chi connectivity index (χ2v) is 6.47. The molecule has 2 amide bonds. The van der Waals surface area contributed by atoms with Crippen LogP contribution in [0.5, 0.6) is 0 Å². The first-order valence-corrected chi connectivity index (χ1v) is 8.91. The van der Waals surface area contributed by atoms with Crippen LogP contribution in [-0.4, -0.2) is 49.1 Å². The van der Waals surface area contributed by atoms with Crippen molar-refractivity contribution in [3.8, 4) is 0 Å². The molecule has 1 aromatic rings. The van der Waals surface area contributed by atoms with E-state index in [-0.39, 0.29) is 11.8 Å². The lowest BCUT2D eigenvalue weighted by atomic mass is 10.1. The van der Waals surface area contributed by atoms with Crippen molar-refractivity contribution in [3.63, 3.8) is 0 Å². The zero-order valence-electron chi connectivity index (χ0n) is 13.7. The van der Waals surface area contributed by atoms with E-state index in [0.29, 0.717) is 48.3 Å². The summed E-state index contributed by atoms with van der Waals surface area (Å²) in [6, 6.07) is 4.31. The summed E-state index contributed by atoms with van der Waals surface area (Å²) in [6.07, 6.45) is 2.20. The van der Waals surface area contributed by atoms with Crippen molar-refractivity contribution in [3.05, 3.63) is 33.8 Å². The fourth-order valence-electron chi connectivity index (χ4n) is 2.75. The van der Waals surface area contributed by atoms with E-state index < -0.39 is 6.04 Å². The minimum Gasteiger partial charge on any atom is -0.382 e. The molecule has 1 aromatic carbocycles. The number of benzene rings is 1. The molecule has 1 aliphatic rings. The van der Waals surface area contributed by atoms with E-state index in [0.717, 1.165) is 12.8 Å². The highest BCUT2D eigenvalue weighted by Crippen LogP contribution is 2.26. The standard InChI is InChI=1S/C17H22Cl2N2O3/c1-2-24-10-4-8-20-16(22)15-5-3-9-21(15)17(23)13-11-12(18)6-7-14(13)19/h6-7,11,15H,2-5,8-10H2,1H3,(H,20,22). The zero-order chi connectivity index (χ0) is 17.5. The van der Waals surface area contributed by atoms with Gasteiger partial charge < -0.3 is 15.0 Å². The lowest BCUT2D eigenvalue weighted by molar-refractivity contribution is -0.124. The van der Waals surface area contributed by atoms with Crippen LogP contribution in [0.15, 0.2) is 18.2 Å². The first-order valence-electron chi connectivity index (χ1n) is 8.16. The summed E-state index contributed by atoms with van der Waals surface area (Å²) in [4.78, 5) is 26.7. The Balaban J connectivity index is 1.98. The lowest BCUT2D eigenvalue weighted by Gasteiger charge is -2.24. The number of rotatable bonds is 7. The van der Waals surface area contributed by atoms with Crippen molar-refractivity contribution in [2.24, 2.45) is 0 Å². The first-order chi connectivity index (χ1) is 11.5. The Kier molecular flexibility index (Phi) is 7.34. The maximum absolute atomic E-state index is 12.7. The van der Waals surface area contributed by atoms with Crippen molar-refractivity contribution in [2.45, 2.75) is 32.2 Å². The molecule has 132 valence electrons. The van der Waals surface area contributed by atoms with E-state index in [1.165, 1.54) is 0 Å². The number of carbonyl (C=O) groups excluding carboxylic acids is 2. The van der Waals surface area contributed by atoms with Crippen molar-refractivity contribution < 1.29 is 14.3 Å². The van der Waals surface area contributed by atoms with Crippen molar-refractivity contribution in [2.75, 3.05) is 26.3 Å². The maximum Gasteiger partial charge on any atom is 0.256 e. The van der Waals surface area contributed by atoms with Crippen molar-refractivity contribution in [1.29, 1.82) is 0 Å². The molecule has 0 aliphatic carbocycles. The van der Waals surface area contributed by atoms with Gasteiger partial charge in [0.05, 0.1) is 10.6 Å². The quantitative estimate of drug-likeness (QED) is 0.747. The molecule has 1 heterocycles. The van der Waals surface area contributed by atoms with E-state index in [2.05, 4.69) is 5.32 Å². The van der Waals surface area contributed by atoms with Gasteiger partial charge in [-0.1, -0.05) is 23.2 Å². The van der Waals surface area contributed by atoms with E-state index in [1.54, 1.807) is 23.1 Å². The summed E-state index contributed by atoms with van der Waals surface area (Å²) in [5.41, 5.74) is 0.334. The summed E-state index contributed by atoms with van der Waals surface area (Å²) < 4.78 is 5.24. The van der Waals surface area contributed by atoms with Crippen LogP contribution in [0.2, 0.25) is 10.0 Å². The van der Waals surface area contributed by atoms with E-state index in [9.17, 15) is 9.59 Å². The van der Waals surface area contributed by atoms with Gasteiger partial charge in [0, 0.05) is 31.3 Å². The predicted molar refractivity (Wildman–Crippen MR) is 94.6 cm³/mol. The monoisotopic (exact) mass is 372 g/mol. The fourth-order valence-corrected chi connectivity index (χ4v) is 3.12. The normalized spacial score (nSPS) is 17.1. The second kappa shape index (κ2) is 9.25. The van der Waals surface area contributed by atoms with Crippen LogP contribution < -0.4 is 5.32 Å². The highest BCUT2D eigenvalue weighted by molar-refractivity contribution is 6.35. The smallest absolute Gasteiger partial charge is 0.256 e. The highest BCUT2D eigenvalue weighted by atomic mass is 35.5. The molecule has 24 heavy (non-hydrogen) atoms. The van der Waals surface area contributed by atoms with Gasteiger partial charge in [0.2, 0.25) is 5.91 Å². The summed E-state index contributed by atoms with van der Waals surface area (Å²) in [5, 5.41) is 3.66. The molecule has 1 aliphatic heterocycles. The highest BCUT2D eigenvalue weighted by Gasteiger charge is 2.35. The topological polar surface area (TPSA) is 58.6 Å². The number of nitrogens with one attached hydrogen (secondary N) is 1. The molecule has 7 heteroatoms. The number of carbonyl (C=O) groups is 2. The molecule has 0 aromatic heterocycles. The largest absolute Gasteiger partial charge is 0.382 e. The molecule has 0 saturated carbocycles. The van der Waals surface area contributed by atoms with Gasteiger partial charge in [0.1, 0.15) is 6.04 Å². The molecule has 1 atom stereocenters. The lowest BCUT2D eigenvalue weighted by Crippen LogP contribution is -2.46. The summed E-state index contributed by atoms with van der Waals surface area (Å²) in [7, 11) is 0. The summed E-state index contributed by atoms with van der Waals surface area (Å²) in [5.74, 6) is -0.384. The van der Waals surface area contributed by atoms with Crippen LogP contribution in [-0.2, 0) is 9.53 Å². The van der Waals surface area contributed by atoms with Gasteiger partial charge >= 0.3 is 0 Å². The van der Waals surface area contributed by atoms with Gasteiger partial charge in [-0.05, 0) is 44.4 Å². The Morgan fingerprint density at radius 1 is 1.38 bits per heavy atom. The Labute approximate surface area is 152 Å². The molecule has 1 N–H and O–H groups in total. The van der Waals surface area contributed by atoms with Gasteiger partial charge in [-0.25, -0.2) is 0 Å². The van der Waals surface area contributed by atoms with E-state index in [4.69, 9.17) is 27.9 Å². The van der Waals surface area contributed by atoms with Crippen LogP contribution in [0, 0.1) is 0 Å². The maximum atomic E-state index is 12.7. The number of amides is 2. The summed E-state index contributed by atoms with van der Waals surface area (Å²) >= 11 is 12.1. The number of hydrogen-bond acceptors (Lipinski definition) is 3. The minimum atomic E-state index is -0.459. The average molecular weight is 373 g/mol. The molecular formula is C17H22Cl2N2O3. The SMILES string of the molecule is CCOCCCNC(=O)C1CCCN1C(=O)c1cc(Cl)ccc1Cl. The number of nitrogens with zero attached hydrogens (tertiary/aromatic N) is 1. The molecular weight excluding hydrogens is 351 g/mol. The molecule has 2 rings (SSSR count). The molecule has 1 fully saturated rings. The third-order valence-electron chi connectivity index (χ3n) is 3.94. The number of hydrogen-bond donors (Lipinski definition) is 1. The Hall–Kier alpha value is -1.30. The number of ether oxygens (including phenoxy) is 1. The fraction of sp³-hybridized carbons (Fsp3) is 0.529. The first kappa shape index (κ1) is 19.0. The van der Waals surface area contributed by atoms with E-state index >= 15 is 0 Å². The average Bonchev–Trinajstić information content (AvgIpc) is 3.06. The molecule has 5 nitrogen and oxygen atoms in total. The van der Waals surface area contributed by atoms with Crippen LogP contribution in [0.1, 0.15) is 36.5 Å². The predicted octanol–water partition coefficient (Wildman–Crippen LogP) is 3.14. The third kappa shape index (κ3) is 4.85. The van der Waals surface area contributed by atoms with Crippen LogP contribution in [0.4, 0.5) is 0 Å². The van der Waals surface area contributed by atoms with Crippen molar-refractivity contribution in [1.82, 2.24) is 10.2 Å². The van der Waals surface area contributed by atoms with Crippen LogP contribution in [0.3, 0.4) is 0 Å². The van der Waals surface area contributed by atoms with Gasteiger partial charge in [-0.2, -0.15) is 0 Å². The number of halogens is 2. The minimum absolute atomic E-state index is 0.129. The van der Waals surface area contributed by atoms with Gasteiger partial charge in [-0.15, -0.1) is 0 Å². The van der Waals surface area contributed by atoms with Crippen molar-refractivity contribution >= 4 is 35.0 Å². The molecule has 0 bridgehead atoms. The van der Waals surface area contributed by atoms with Gasteiger partial charge in [0.15, 0.2) is 0 Å². The van der Waals surface area contributed by atoms with Gasteiger partial charge in [0.25, 0.3) is 5.91 Å². The Morgan fingerprint density at radius 2 is 2.17 bits per heavy atom. The Morgan fingerprint density at radius 3 is 2.92 bits per heavy atom. The Bertz CT molecular complexity index is 595. The second-order valence-electron chi connectivity index (χ2n) is 5.62. The van der Waals surface area contributed by atoms with Crippen LogP contribution in [0.25, 0.3) is 0 Å². The van der Waals surface area contributed by atoms with Crippen LogP contribution >= 0.6 is 23.2 Å². The summed E-state index contributed by atoms with van der Waals surface area (Å²) in [6.45, 7) is 4.29. The molecule has 1 saturated heterocycles. The molecule has 0 spiro atoms. The molecule has 1 unspecified atom stereocenters.